The molecule has 0 aliphatic heterocycles. The first kappa shape index (κ1) is 20.0. The van der Waals surface area contributed by atoms with Gasteiger partial charge in [0.1, 0.15) is 5.75 Å². The number of phenols is 1. The molecule has 28 heavy (non-hydrogen) atoms. The Kier molecular flexibility index (Phi) is 7.10. The predicted octanol–water partition coefficient (Wildman–Crippen LogP) is 5.43. The molecule has 0 unspecified atom stereocenters. The van der Waals surface area contributed by atoms with E-state index in [1.807, 2.05) is 48.5 Å². The molecule has 0 heterocycles. The van der Waals surface area contributed by atoms with Crippen LogP contribution in [-0.4, -0.2) is 24.7 Å². The monoisotopic (exact) mass is 374 g/mol. The first-order valence-corrected chi connectivity index (χ1v) is 10.1. The van der Waals surface area contributed by atoms with Crippen molar-refractivity contribution in [3.05, 3.63) is 83.9 Å². The quantitative estimate of drug-likeness (QED) is 0.438. The van der Waals surface area contributed by atoms with Crippen LogP contribution in [0.1, 0.15) is 30.9 Å². The molecule has 0 saturated heterocycles. The zero-order valence-corrected chi connectivity index (χ0v) is 16.8. The first-order valence-electron chi connectivity index (χ1n) is 10.1. The summed E-state index contributed by atoms with van der Waals surface area (Å²) >= 11 is 0. The van der Waals surface area contributed by atoms with Crippen LogP contribution in [0.4, 0.5) is 5.69 Å². The highest BCUT2D eigenvalue weighted by Gasteiger charge is 2.08. The molecule has 0 saturated carbocycles. The molecular weight excluding hydrogens is 344 g/mol. The molecule has 0 aliphatic carbocycles. The summed E-state index contributed by atoms with van der Waals surface area (Å²) in [5.41, 5.74) is 5.48. The molecule has 0 bridgehead atoms. The van der Waals surface area contributed by atoms with Gasteiger partial charge >= 0.3 is 0 Å². The second-order valence-corrected chi connectivity index (χ2v) is 7.35. The molecule has 0 atom stereocenters. The molecule has 0 aromatic heterocycles. The molecule has 0 radical (unpaired) electrons. The maximum Gasteiger partial charge on any atom is 0.126 e. The Bertz CT molecular complexity index is 875. The number of anilines is 1. The summed E-state index contributed by atoms with van der Waals surface area (Å²) in [5, 5.41) is 17.6. The van der Waals surface area contributed by atoms with Gasteiger partial charge in [-0.1, -0.05) is 80.6 Å². The van der Waals surface area contributed by atoms with Crippen LogP contribution in [0.25, 0.3) is 11.1 Å². The van der Waals surface area contributed by atoms with E-state index in [1.165, 1.54) is 11.3 Å². The molecule has 146 valence electrons. The van der Waals surface area contributed by atoms with E-state index in [9.17, 15) is 5.11 Å². The summed E-state index contributed by atoms with van der Waals surface area (Å²) < 4.78 is 0. The maximum atomic E-state index is 10.6. The summed E-state index contributed by atoms with van der Waals surface area (Å²) in [7, 11) is 0. The molecule has 3 aromatic carbocycles. The number of aromatic hydroxyl groups is 1. The van der Waals surface area contributed by atoms with Crippen molar-refractivity contribution in [3.63, 3.8) is 0 Å². The van der Waals surface area contributed by atoms with E-state index in [-0.39, 0.29) is 0 Å². The Morgan fingerprint density at radius 3 is 2.32 bits per heavy atom. The van der Waals surface area contributed by atoms with Gasteiger partial charge in [-0.05, 0) is 41.6 Å². The maximum absolute atomic E-state index is 10.6. The molecule has 3 N–H and O–H groups in total. The second kappa shape index (κ2) is 9.95. The van der Waals surface area contributed by atoms with Gasteiger partial charge in [0.25, 0.3) is 0 Å². The number of para-hydroxylation sites is 2. The minimum atomic E-state index is 0.388. The Morgan fingerprint density at radius 1 is 0.786 bits per heavy atom. The Labute approximate surface area is 168 Å². The van der Waals surface area contributed by atoms with Crippen molar-refractivity contribution in [2.75, 3.05) is 25.0 Å². The van der Waals surface area contributed by atoms with E-state index in [2.05, 4.69) is 48.7 Å². The van der Waals surface area contributed by atoms with Crippen LogP contribution >= 0.6 is 0 Å². The van der Waals surface area contributed by atoms with Crippen LogP contribution in [0.3, 0.4) is 0 Å². The molecule has 3 nitrogen and oxygen atoms in total. The van der Waals surface area contributed by atoms with Gasteiger partial charge in [-0.25, -0.2) is 0 Å². The molecule has 3 heteroatoms. The lowest BCUT2D eigenvalue weighted by Crippen LogP contribution is -2.24. The number of nitrogens with one attached hydrogen (secondary N) is 2. The van der Waals surface area contributed by atoms with Gasteiger partial charge < -0.3 is 15.7 Å². The number of benzene rings is 3. The Hall–Kier alpha value is -2.78. The van der Waals surface area contributed by atoms with E-state index in [4.69, 9.17) is 0 Å². The van der Waals surface area contributed by atoms with Crippen molar-refractivity contribution in [1.29, 1.82) is 0 Å². The molecule has 0 aliphatic rings. The van der Waals surface area contributed by atoms with Crippen molar-refractivity contribution >= 4 is 5.69 Å². The third kappa shape index (κ3) is 5.14. The predicted molar refractivity (Wildman–Crippen MR) is 119 cm³/mol. The van der Waals surface area contributed by atoms with Crippen molar-refractivity contribution in [3.8, 4) is 16.9 Å². The van der Waals surface area contributed by atoms with E-state index >= 15 is 0 Å². The fraction of sp³-hybridized carbons (Fsp3) is 0.280. The zero-order chi connectivity index (χ0) is 19.8. The van der Waals surface area contributed by atoms with Crippen LogP contribution in [0, 0.1) is 0 Å². The summed E-state index contributed by atoms with van der Waals surface area (Å²) in [5.74, 6) is 0.899. The van der Waals surface area contributed by atoms with Gasteiger partial charge in [-0.2, -0.15) is 0 Å². The number of phenolic OH excluding ortho intramolecular Hbond substituents is 1. The third-order valence-corrected chi connectivity index (χ3v) is 4.98. The lowest BCUT2D eigenvalue weighted by Gasteiger charge is -2.15. The minimum Gasteiger partial charge on any atom is -0.507 e. The van der Waals surface area contributed by atoms with Crippen LogP contribution < -0.4 is 10.6 Å². The van der Waals surface area contributed by atoms with Crippen LogP contribution in [0.2, 0.25) is 0 Å². The zero-order valence-electron chi connectivity index (χ0n) is 16.8. The van der Waals surface area contributed by atoms with Gasteiger partial charge in [-0.15, -0.1) is 0 Å². The molecule has 3 rings (SSSR count). The second-order valence-electron chi connectivity index (χ2n) is 7.35. The first-order chi connectivity index (χ1) is 13.7. The van der Waals surface area contributed by atoms with E-state index < -0.39 is 0 Å². The Balaban J connectivity index is 1.48. The number of rotatable bonds is 9. The van der Waals surface area contributed by atoms with Gasteiger partial charge in [0.15, 0.2) is 0 Å². The lowest BCUT2D eigenvalue weighted by atomic mass is 10.00. The molecule has 0 amide bonds. The van der Waals surface area contributed by atoms with Crippen LogP contribution in [0.5, 0.6) is 5.75 Å². The van der Waals surface area contributed by atoms with Gasteiger partial charge in [-0.3, -0.25) is 0 Å². The fourth-order valence-electron chi connectivity index (χ4n) is 3.44. The average Bonchev–Trinajstić information content (AvgIpc) is 2.72. The summed E-state index contributed by atoms with van der Waals surface area (Å²) in [6.45, 7) is 7.02. The SMILES string of the molecule is CC(C)c1ccccc1NCCNCCc1cccc(-c2ccccc2)c1O. The van der Waals surface area contributed by atoms with Gasteiger partial charge in [0.2, 0.25) is 0 Å². The Morgan fingerprint density at radius 2 is 1.54 bits per heavy atom. The van der Waals surface area contributed by atoms with Gasteiger partial charge in [0, 0.05) is 24.3 Å². The van der Waals surface area contributed by atoms with Crippen molar-refractivity contribution in [1.82, 2.24) is 5.32 Å². The summed E-state index contributed by atoms with van der Waals surface area (Å²) in [6.07, 6.45) is 0.801. The molecule has 3 aromatic rings. The molecular formula is C25H30N2O. The van der Waals surface area contributed by atoms with Crippen molar-refractivity contribution in [2.45, 2.75) is 26.2 Å². The van der Waals surface area contributed by atoms with Gasteiger partial charge in [0.05, 0.1) is 0 Å². The van der Waals surface area contributed by atoms with Crippen LogP contribution in [0.15, 0.2) is 72.8 Å². The van der Waals surface area contributed by atoms with E-state index in [0.717, 1.165) is 42.7 Å². The summed E-state index contributed by atoms with van der Waals surface area (Å²) in [4.78, 5) is 0. The topological polar surface area (TPSA) is 44.3 Å². The van der Waals surface area contributed by atoms with E-state index in [1.54, 1.807) is 0 Å². The highest BCUT2D eigenvalue weighted by molar-refractivity contribution is 5.71. The minimum absolute atomic E-state index is 0.388. The number of hydrogen-bond acceptors (Lipinski definition) is 3. The lowest BCUT2D eigenvalue weighted by molar-refractivity contribution is 0.469. The fourth-order valence-corrected chi connectivity index (χ4v) is 3.44. The summed E-state index contributed by atoms with van der Waals surface area (Å²) in [6, 6.07) is 24.5. The normalized spacial score (nSPS) is 11.0. The standard InChI is InChI=1S/C25H30N2O/c1-19(2)22-12-6-7-14-24(22)27-18-17-26-16-15-21-11-8-13-23(25(21)28)20-9-4-3-5-10-20/h3-14,19,26-28H,15-18H2,1-2H3. The van der Waals surface area contributed by atoms with E-state index in [0.29, 0.717) is 11.7 Å². The number of hydrogen-bond donors (Lipinski definition) is 3. The van der Waals surface area contributed by atoms with Crippen molar-refractivity contribution < 1.29 is 5.11 Å². The average molecular weight is 375 g/mol. The highest BCUT2D eigenvalue weighted by atomic mass is 16.3. The van der Waals surface area contributed by atoms with Crippen molar-refractivity contribution in [2.24, 2.45) is 0 Å². The third-order valence-electron chi connectivity index (χ3n) is 4.98. The highest BCUT2D eigenvalue weighted by Crippen LogP contribution is 2.32. The molecule has 0 fully saturated rings. The largest absolute Gasteiger partial charge is 0.507 e. The van der Waals surface area contributed by atoms with Crippen LogP contribution in [-0.2, 0) is 6.42 Å². The molecule has 0 spiro atoms. The smallest absolute Gasteiger partial charge is 0.126 e.